The van der Waals surface area contributed by atoms with Gasteiger partial charge in [-0.15, -0.1) is 11.6 Å². The van der Waals surface area contributed by atoms with E-state index in [-0.39, 0.29) is 0 Å². The van der Waals surface area contributed by atoms with E-state index in [4.69, 9.17) is 11.6 Å². The first-order valence-corrected chi connectivity index (χ1v) is 5.69. The van der Waals surface area contributed by atoms with Gasteiger partial charge in [0, 0.05) is 11.9 Å². The summed E-state index contributed by atoms with van der Waals surface area (Å²) in [6, 6.07) is 11.0. The highest BCUT2D eigenvalue weighted by Gasteiger charge is 1.97. The predicted octanol–water partition coefficient (Wildman–Crippen LogP) is 2.84. The van der Waals surface area contributed by atoms with E-state index in [2.05, 4.69) is 42.6 Å². The fourth-order valence-electron chi connectivity index (χ4n) is 1.34. The van der Waals surface area contributed by atoms with Crippen LogP contribution in [0.3, 0.4) is 0 Å². The Balaban J connectivity index is 2.10. The van der Waals surface area contributed by atoms with Crippen LogP contribution in [0.1, 0.15) is 18.9 Å². The zero-order valence-corrected chi connectivity index (χ0v) is 9.43. The molecule has 1 atom stereocenters. The third-order valence-corrected chi connectivity index (χ3v) is 2.67. The SMILES string of the molecule is CC(CCl)NCCCc1ccccc1. The van der Waals surface area contributed by atoms with Crippen molar-refractivity contribution in [1.29, 1.82) is 0 Å². The van der Waals surface area contributed by atoms with Crippen LogP contribution < -0.4 is 5.32 Å². The van der Waals surface area contributed by atoms with Gasteiger partial charge in [-0.05, 0) is 31.9 Å². The summed E-state index contributed by atoms with van der Waals surface area (Å²) in [6.07, 6.45) is 2.31. The summed E-state index contributed by atoms with van der Waals surface area (Å²) in [7, 11) is 0. The van der Waals surface area contributed by atoms with E-state index in [1.54, 1.807) is 0 Å². The molecule has 1 aromatic carbocycles. The maximum atomic E-state index is 5.69. The molecule has 0 aliphatic heterocycles. The molecule has 0 radical (unpaired) electrons. The number of hydrogen-bond donors (Lipinski definition) is 1. The van der Waals surface area contributed by atoms with Gasteiger partial charge < -0.3 is 5.32 Å². The van der Waals surface area contributed by atoms with Crippen molar-refractivity contribution in [1.82, 2.24) is 5.32 Å². The van der Waals surface area contributed by atoms with Crippen molar-refractivity contribution >= 4 is 11.6 Å². The monoisotopic (exact) mass is 211 g/mol. The summed E-state index contributed by atoms with van der Waals surface area (Å²) in [5.41, 5.74) is 1.41. The summed E-state index contributed by atoms with van der Waals surface area (Å²) in [5, 5.41) is 3.37. The highest BCUT2D eigenvalue weighted by molar-refractivity contribution is 6.18. The Morgan fingerprint density at radius 3 is 2.64 bits per heavy atom. The van der Waals surface area contributed by atoms with E-state index in [1.165, 1.54) is 12.0 Å². The molecule has 0 amide bonds. The largest absolute Gasteiger partial charge is 0.313 e. The number of alkyl halides is 1. The van der Waals surface area contributed by atoms with Gasteiger partial charge in [-0.1, -0.05) is 30.3 Å². The Morgan fingerprint density at radius 2 is 2.00 bits per heavy atom. The average molecular weight is 212 g/mol. The first-order valence-electron chi connectivity index (χ1n) is 5.16. The van der Waals surface area contributed by atoms with E-state index in [9.17, 15) is 0 Å². The van der Waals surface area contributed by atoms with Crippen LogP contribution >= 0.6 is 11.6 Å². The molecule has 0 aliphatic rings. The minimum Gasteiger partial charge on any atom is -0.313 e. The van der Waals surface area contributed by atoms with Gasteiger partial charge in [0.05, 0.1) is 0 Å². The molecule has 0 saturated carbocycles. The first-order chi connectivity index (χ1) is 6.83. The fourth-order valence-corrected chi connectivity index (χ4v) is 1.45. The molecular formula is C12H18ClN. The number of halogens is 1. The lowest BCUT2D eigenvalue weighted by molar-refractivity contribution is 0.574. The quantitative estimate of drug-likeness (QED) is 0.564. The molecule has 78 valence electrons. The molecule has 0 aromatic heterocycles. The second kappa shape index (κ2) is 6.86. The number of aryl methyl sites for hydroxylation is 1. The number of benzene rings is 1. The molecule has 0 aliphatic carbocycles. The fraction of sp³-hybridized carbons (Fsp3) is 0.500. The lowest BCUT2D eigenvalue weighted by atomic mass is 10.1. The van der Waals surface area contributed by atoms with Crippen LogP contribution in [0.5, 0.6) is 0 Å². The Hall–Kier alpha value is -0.530. The van der Waals surface area contributed by atoms with Crippen LogP contribution in [0, 0.1) is 0 Å². The zero-order valence-electron chi connectivity index (χ0n) is 8.67. The second-order valence-electron chi connectivity index (χ2n) is 3.60. The van der Waals surface area contributed by atoms with Crippen molar-refractivity contribution in [2.24, 2.45) is 0 Å². The highest BCUT2D eigenvalue weighted by Crippen LogP contribution is 2.01. The predicted molar refractivity (Wildman–Crippen MR) is 62.9 cm³/mol. The molecule has 14 heavy (non-hydrogen) atoms. The van der Waals surface area contributed by atoms with Gasteiger partial charge in [0.2, 0.25) is 0 Å². The maximum absolute atomic E-state index is 5.69. The van der Waals surface area contributed by atoms with Gasteiger partial charge in [0.1, 0.15) is 0 Å². The number of nitrogens with one attached hydrogen (secondary N) is 1. The standard InChI is InChI=1S/C12H18ClN/c1-11(10-13)14-9-5-8-12-6-3-2-4-7-12/h2-4,6-7,11,14H,5,8-10H2,1H3. The van der Waals surface area contributed by atoms with Crippen LogP contribution in [-0.2, 0) is 6.42 Å². The minimum atomic E-state index is 0.424. The molecule has 1 nitrogen and oxygen atoms in total. The highest BCUT2D eigenvalue weighted by atomic mass is 35.5. The van der Waals surface area contributed by atoms with E-state index in [0.29, 0.717) is 11.9 Å². The normalized spacial score (nSPS) is 12.7. The van der Waals surface area contributed by atoms with Gasteiger partial charge in [0.15, 0.2) is 0 Å². The Kier molecular flexibility index (Phi) is 5.65. The van der Waals surface area contributed by atoms with E-state index >= 15 is 0 Å². The smallest absolute Gasteiger partial charge is 0.0374 e. The van der Waals surface area contributed by atoms with Crippen LogP contribution in [0.4, 0.5) is 0 Å². The van der Waals surface area contributed by atoms with E-state index in [1.807, 2.05) is 0 Å². The summed E-state index contributed by atoms with van der Waals surface area (Å²) in [5.74, 6) is 0.686. The zero-order chi connectivity index (χ0) is 10.2. The summed E-state index contributed by atoms with van der Waals surface area (Å²) < 4.78 is 0. The van der Waals surface area contributed by atoms with Crippen LogP contribution in [-0.4, -0.2) is 18.5 Å². The Bertz CT molecular complexity index is 235. The Morgan fingerprint density at radius 1 is 1.29 bits per heavy atom. The first kappa shape index (κ1) is 11.5. The van der Waals surface area contributed by atoms with Crippen LogP contribution in [0.25, 0.3) is 0 Å². The minimum absolute atomic E-state index is 0.424. The maximum Gasteiger partial charge on any atom is 0.0374 e. The number of rotatable bonds is 6. The van der Waals surface area contributed by atoms with Crippen molar-refractivity contribution in [3.63, 3.8) is 0 Å². The lowest BCUT2D eigenvalue weighted by Gasteiger charge is -2.09. The van der Waals surface area contributed by atoms with E-state index < -0.39 is 0 Å². The second-order valence-corrected chi connectivity index (χ2v) is 3.91. The lowest BCUT2D eigenvalue weighted by Crippen LogP contribution is -2.28. The van der Waals surface area contributed by atoms with Crippen LogP contribution in [0.15, 0.2) is 30.3 Å². The van der Waals surface area contributed by atoms with Crippen molar-refractivity contribution in [2.75, 3.05) is 12.4 Å². The van der Waals surface area contributed by atoms with Crippen LogP contribution in [0.2, 0.25) is 0 Å². The molecule has 0 spiro atoms. The number of hydrogen-bond acceptors (Lipinski definition) is 1. The summed E-state index contributed by atoms with van der Waals surface area (Å²) >= 11 is 5.69. The Labute approximate surface area is 91.5 Å². The van der Waals surface area contributed by atoms with Crippen molar-refractivity contribution in [2.45, 2.75) is 25.8 Å². The summed E-state index contributed by atoms with van der Waals surface area (Å²) in [4.78, 5) is 0. The molecule has 0 bridgehead atoms. The third-order valence-electron chi connectivity index (χ3n) is 2.21. The molecule has 1 rings (SSSR count). The van der Waals surface area contributed by atoms with E-state index in [0.717, 1.165) is 13.0 Å². The molecular weight excluding hydrogens is 194 g/mol. The van der Waals surface area contributed by atoms with Gasteiger partial charge in [-0.2, -0.15) is 0 Å². The third kappa shape index (κ3) is 4.64. The van der Waals surface area contributed by atoms with Crippen molar-refractivity contribution in [3.8, 4) is 0 Å². The molecule has 1 aromatic rings. The molecule has 0 saturated heterocycles. The van der Waals surface area contributed by atoms with Gasteiger partial charge in [-0.25, -0.2) is 0 Å². The molecule has 1 unspecified atom stereocenters. The molecule has 2 heteroatoms. The van der Waals surface area contributed by atoms with Gasteiger partial charge in [-0.3, -0.25) is 0 Å². The van der Waals surface area contributed by atoms with Gasteiger partial charge in [0.25, 0.3) is 0 Å². The van der Waals surface area contributed by atoms with Crippen molar-refractivity contribution < 1.29 is 0 Å². The molecule has 0 fully saturated rings. The average Bonchev–Trinajstić information content (AvgIpc) is 2.25. The molecule has 1 N–H and O–H groups in total. The summed E-state index contributed by atoms with van der Waals surface area (Å²) in [6.45, 7) is 3.15. The van der Waals surface area contributed by atoms with Crippen molar-refractivity contribution in [3.05, 3.63) is 35.9 Å². The topological polar surface area (TPSA) is 12.0 Å². The van der Waals surface area contributed by atoms with Gasteiger partial charge >= 0.3 is 0 Å². The molecule has 0 heterocycles.